The first-order chi connectivity index (χ1) is 8.11. The predicted octanol–water partition coefficient (Wildman–Crippen LogP) is 1.57. The van der Waals surface area contributed by atoms with E-state index in [0.29, 0.717) is 30.3 Å². The van der Waals surface area contributed by atoms with Gasteiger partial charge in [-0.05, 0) is 25.1 Å². The number of hydrogen-bond donors (Lipinski definition) is 2. The smallest absolute Gasteiger partial charge is 0.221 e. The van der Waals surface area contributed by atoms with Crippen LogP contribution in [0.4, 0.5) is 0 Å². The number of nitrogens with one attached hydrogen (secondary N) is 1. The summed E-state index contributed by atoms with van der Waals surface area (Å²) in [6, 6.07) is 7.16. The van der Waals surface area contributed by atoms with Crippen LogP contribution < -0.4 is 15.8 Å². The first-order valence-corrected chi connectivity index (χ1v) is 5.88. The van der Waals surface area contributed by atoms with Crippen molar-refractivity contribution in [2.24, 2.45) is 5.73 Å². The lowest BCUT2D eigenvalue weighted by molar-refractivity contribution is -0.121. The minimum Gasteiger partial charge on any atom is -0.489 e. The molecule has 0 aliphatic heterocycles. The molecule has 1 atom stereocenters. The highest BCUT2D eigenvalue weighted by Crippen LogP contribution is 2.18. The van der Waals surface area contributed by atoms with E-state index < -0.39 is 0 Å². The van der Waals surface area contributed by atoms with Gasteiger partial charge < -0.3 is 15.8 Å². The second-order valence-corrected chi connectivity index (χ2v) is 4.17. The molecule has 0 bridgehead atoms. The van der Waals surface area contributed by atoms with Crippen LogP contribution in [0.15, 0.2) is 24.3 Å². The van der Waals surface area contributed by atoms with Crippen molar-refractivity contribution >= 4 is 17.5 Å². The number of carbonyl (C=O) groups excluding carboxylic acids is 1. The van der Waals surface area contributed by atoms with Crippen LogP contribution >= 0.6 is 11.6 Å². The first kappa shape index (κ1) is 13.8. The average Bonchev–Trinajstić information content (AvgIpc) is 2.27. The van der Waals surface area contributed by atoms with Crippen LogP contribution in [0.1, 0.15) is 13.3 Å². The number of amides is 1. The van der Waals surface area contributed by atoms with Crippen LogP contribution in [-0.4, -0.2) is 25.1 Å². The SMILES string of the molecule is CC(CNC(=O)CCN)Oc1cccc(Cl)c1. The Bertz CT molecular complexity index is 371. The molecule has 0 spiro atoms. The standard InChI is InChI=1S/C12H17ClN2O2/c1-9(8-15-12(16)5-6-14)17-11-4-2-3-10(13)7-11/h2-4,7,9H,5-6,8,14H2,1H3,(H,15,16). The molecule has 17 heavy (non-hydrogen) atoms. The molecular weight excluding hydrogens is 240 g/mol. The molecule has 1 aromatic carbocycles. The number of rotatable bonds is 6. The van der Waals surface area contributed by atoms with Crippen molar-refractivity contribution in [3.8, 4) is 5.75 Å². The largest absolute Gasteiger partial charge is 0.489 e. The maximum absolute atomic E-state index is 11.2. The first-order valence-electron chi connectivity index (χ1n) is 5.51. The zero-order chi connectivity index (χ0) is 12.7. The van der Waals surface area contributed by atoms with E-state index in [1.54, 1.807) is 12.1 Å². The van der Waals surface area contributed by atoms with Crippen LogP contribution in [0, 0.1) is 0 Å². The lowest BCUT2D eigenvalue weighted by Crippen LogP contribution is -2.34. The molecule has 0 aromatic heterocycles. The second-order valence-electron chi connectivity index (χ2n) is 3.73. The van der Waals surface area contributed by atoms with Gasteiger partial charge in [0.15, 0.2) is 0 Å². The molecule has 3 N–H and O–H groups in total. The van der Waals surface area contributed by atoms with Gasteiger partial charge in [0.05, 0.1) is 6.54 Å². The highest BCUT2D eigenvalue weighted by Gasteiger charge is 2.06. The van der Waals surface area contributed by atoms with Crippen molar-refractivity contribution in [2.45, 2.75) is 19.4 Å². The van der Waals surface area contributed by atoms with Crippen LogP contribution in [0.2, 0.25) is 5.02 Å². The minimum absolute atomic E-state index is 0.0611. The third kappa shape index (κ3) is 5.56. The molecule has 0 fully saturated rings. The molecule has 0 radical (unpaired) electrons. The number of hydrogen-bond acceptors (Lipinski definition) is 3. The van der Waals surface area contributed by atoms with Crippen LogP contribution in [-0.2, 0) is 4.79 Å². The van der Waals surface area contributed by atoms with Crippen molar-refractivity contribution in [1.29, 1.82) is 0 Å². The van der Waals surface area contributed by atoms with E-state index in [9.17, 15) is 4.79 Å². The molecule has 0 saturated heterocycles. The zero-order valence-electron chi connectivity index (χ0n) is 9.78. The minimum atomic E-state index is -0.116. The van der Waals surface area contributed by atoms with E-state index in [0.717, 1.165) is 0 Å². The summed E-state index contributed by atoms with van der Waals surface area (Å²) >= 11 is 5.83. The molecule has 0 heterocycles. The maximum atomic E-state index is 11.2. The molecule has 5 heteroatoms. The number of benzene rings is 1. The lowest BCUT2D eigenvalue weighted by Gasteiger charge is -2.15. The maximum Gasteiger partial charge on any atom is 0.221 e. The van der Waals surface area contributed by atoms with Gasteiger partial charge >= 0.3 is 0 Å². The van der Waals surface area contributed by atoms with Gasteiger partial charge in [-0.25, -0.2) is 0 Å². The second kappa shape index (κ2) is 7.14. The van der Waals surface area contributed by atoms with Crippen molar-refractivity contribution < 1.29 is 9.53 Å². The summed E-state index contributed by atoms with van der Waals surface area (Å²) in [5.74, 6) is 0.632. The predicted molar refractivity (Wildman–Crippen MR) is 68.2 cm³/mol. The molecule has 1 amide bonds. The highest BCUT2D eigenvalue weighted by atomic mass is 35.5. The number of nitrogens with two attached hydrogens (primary N) is 1. The van der Waals surface area contributed by atoms with Crippen LogP contribution in [0.5, 0.6) is 5.75 Å². The summed E-state index contributed by atoms with van der Waals surface area (Å²) in [7, 11) is 0. The molecule has 1 rings (SSSR count). The zero-order valence-corrected chi connectivity index (χ0v) is 10.5. The Morgan fingerprint density at radius 1 is 1.59 bits per heavy atom. The lowest BCUT2D eigenvalue weighted by atomic mass is 10.3. The van der Waals surface area contributed by atoms with E-state index in [1.807, 2.05) is 19.1 Å². The van der Waals surface area contributed by atoms with Gasteiger partial charge in [-0.15, -0.1) is 0 Å². The Morgan fingerprint density at radius 2 is 2.35 bits per heavy atom. The molecule has 1 unspecified atom stereocenters. The Morgan fingerprint density at radius 3 is 3.00 bits per heavy atom. The summed E-state index contributed by atoms with van der Waals surface area (Å²) in [6.07, 6.45) is 0.222. The Hall–Kier alpha value is -1.26. The fourth-order valence-electron chi connectivity index (χ4n) is 1.29. The average molecular weight is 257 g/mol. The molecule has 0 aliphatic carbocycles. The molecule has 0 saturated carbocycles. The van der Waals surface area contributed by atoms with Gasteiger partial charge in [-0.3, -0.25) is 4.79 Å². The van der Waals surface area contributed by atoms with Gasteiger partial charge in [0.1, 0.15) is 11.9 Å². The summed E-state index contributed by atoms with van der Waals surface area (Å²) in [6.45, 7) is 2.68. The Balaban J connectivity index is 2.34. The monoisotopic (exact) mass is 256 g/mol. The van der Waals surface area contributed by atoms with E-state index >= 15 is 0 Å². The third-order valence-corrected chi connectivity index (χ3v) is 2.33. The van der Waals surface area contributed by atoms with Gasteiger partial charge in [0.2, 0.25) is 5.91 Å². The molecule has 4 nitrogen and oxygen atoms in total. The topological polar surface area (TPSA) is 64.4 Å². The quantitative estimate of drug-likeness (QED) is 0.812. The fraction of sp³-hybridized carbons (Fsp3) is 0.417. The summed E-state index contributed by atoms with van der Waals surface area (Å²) in [4.78, 5) is 11.2. The van der Waals surface area contributed by atoms with E-state index in [4.69, 9.17) is 22.1 Å². The molecule has 94 valence electrons. The Labute approximate surface area is 106 Å². The number of ether oxygens (including phenoxy) is 1. The molecule has 0 aliphatic rings. The van der Waals surface area contributed by atoms with Crippen molar-refractivity contribution in [3.63, 3.8) is 0 Å². The Kier molecular flexibility index (Phi) is 5.80. The van der Waals surface area contributed by atoms with Gasteiger partial charge in [-0.1, -0.05) is 17.7 Å². The summed E-state index contributed by atoms with van der Waals surface area (Å²) < 4.78 is 5.59. The van der Waals surface area contributed by atoms with E-state index in [2.05, 4.69) is 5.32 Å². The van der Waals surface area contributed by atoms with Crippen molar-refractivity contribution in [2.75, 3.05) is 13.1 Å². The van der Waals surface area contributed by atoms with Crippen LogP contribution in [0.25, 0.3) is 0 Å². The van der Waals surface area contributed by atoms with Gasteiger partial charge in [0.25, 0.3) is 0 Å². The fourth-order valence-corrected chi connectivity index (χ4v) is 1.47. The number of carbonyl (C=O) groups is 1. The molecule has 1 aromatic rings. The van der Waals surface area contributed by atoms with Crippen molar-refractivity contribution in [3.05, 3.63) is 29.3 Å². The highest BCUT2D eigenvalue weighted by molar-refractivity contribution is 6.30. The van der Waals surface area contributed by atoms with Gasteiger partial charge in [0, 0.05) is 18.0 Å². The van der Waals surface area contributed by atoms with E-state index in [1.165, 1.54) is 0 Å². The van der Waals surface area contributed by atoms with Gasteiger partial charge in [-0.2, -0.15) is 0 Å². The summed E-state index contributed by atoms with van der Waals surface area (Å²) in [5.41, 5.74) is 5.27. The van der Waals surface area contributed by atoms with Crippen molar-refractivity contribution in [1.82, 2.24) is 5.32 Å². The van der Waals surface area contributed by atoms with E-state index in [-0.39, 0.29) is 12.0 Å². The molecular formula is C12H17ClN2O2. The normalized spacial score (nSPS) is 11.9. The number of halogens is 1. The van der Waals surface area contributed by atoms with Crippen LogP contribution in [0.3, 0.4) is 0 Å². The summed E-state index contributed by atoms with van der Waals surface area (Å²) in [5, 5.41) is 3.37. The third-order valence-electron chi connectivity index (χ3n) is 2.09.